The van der Waals surface area contributed by atoms with Crippen molar-refractivity contribution >= 4 is 6.29 Å². The van der Waals surface area contributed by atoms with Gasteiger partial charge >= 0.3 is 0 Å². The van der Waals surface area contributed by atoms with Crippen molar-refractivity contribution < 1.29 is 23.7 Å². The van der Waals surface area contributed by atoms with Crippen LogP contribution in [0.15, 0.2) is 30.3 Å². The van der Waals surface area contributed by atoms with Crippen LogP contribution in [0, 0.1) is 0 Å². The van der Waals surface area contributed by atoms with E-state index in [0.717, 1.165) is 70.2 Å². The Morgan fingerprint density at radius 3 is 2.16 bits per heavy atom. The monoisotopic (exact) mass is 452 g/mol. The number of hydrogen-bond donors (Lipinski definition) is 2. The highest BCUT2D eigenvalue weighted by Gasteiger charge is 2.12. The van der Waals surface area contributed by atoms with Crippen molar-refractivity contribution in [3.63, 3.8) is 0 Å². The van der Waals surface area contributed by atoms with Gasteiger partial charge in [-0.1, -0.05) is 30.3 Å². The van der Waals surface area contributed by atoms with Gasteiger partial charge in [-0.05, 0) is 44.1 Å². The van der Waals surface area contributed by atoms with Crippen LogP contribution in [0.2, 0.25) is 0 Å². The number of aldehydes is 1. The Kier molecular flexibility index (Phi) is 19.3. The van der Waals surface area contributed by atoms with Gasteiger partial charge in [-0.15, -0.1) is 0 Å². The third kappa shape index (κ3) is 16.3. The van der Waals surface area contributed by atoms with Crippen LogP contribution in [0.4, 0.5) is 0 Å². The van der Waals surface area contributed by atoms with Crippen LogP contribution < -0.4 is 10.6 Å². The lowest BCUT2D eigenvalue weighted by molar-refractivity contribution is -0.109. The molecule has 0 saturated carbocycles. The smallest absolute Gasteiger partial charge is 0.138 e. The van der Waals surface area contributed by atoms with Gasteiger partial charge in [0.1, 0.15) is 6.29 Å². The maximum atomic E-state index is 11.4. The molecule has 7 heteroatoms. The Morgan fingerprint density at radius 2 is 1.50 bits per heavy atom. The maximum Gasteiger partial charge on any atom is 0.138 e. The first-order valence-corrected chi connectivity index (χ1v) is 11.9. The molecule has 184 valence electrons. The lowest BCUT2D eigenvalue weighted by Crippen LogP contribution is -2.43. The molecular weight excluding hydrogens is 408 g/mol. The molecule has 0 aliphatic rings. The number of benzene rings is 1. The molecule has 7 nitrogen and oxygen atoms in total. The molecule has 0 aliphatic heterocycles. The zero-order chi connectivity index (χ0) is 23.1. The summed E-state index contributed by atoms with van der Waals surface area (Å²) in [5, 5.41) is 6.65. The number of rotatable bonds is 23. The molecule has 1 rings (SSSR count). The highest BCUT2D eigenvalue weighted by atomic mass is 16.5. The van der Waals surface area contributed by atoms with Gasteiger partial charge in [-0.25, -0.2) is 0 Å². The molecule has 2 unspecified atom stereocenters. The molecular formula is C25H44N2O5. The average Bonchev–Trinajstić information content (AvgIpc) is 2.83. The van der Waals surface area contributed by atoms with E-state index in [1.807, 2.05) is 30.3 Å². The van der Waals surface area contributed by atoms with Crippen LogP contribution >= 0.6 is 0 Å². The number of ether oxygens (including phenoxy) is 4. The van der Waals surface area contributed by atoms with Crippen molar-refractivity contribution in [1.82, 2.24) is 10.6 Å². The van der Waals surface area contributed by atoms with Crippen molar-refractivity contribution in [3.8, 4) is 0 Å². The summed E-state index contributed by atoms with van der Waals surface area (Å²) in [4.78, 5) is 11.4. The number of carbonyl (C=O) groups is 1. The molecule has 0 saturated heterocycles. The van der Waals surface area contributed by atoms with Crippen molar-refractivity contribution in [2.75, 3.05) is 60.3 Å². The second-order valence-electron chi connectivity index (χ2n) is 7.94. The Morgan fingerprint density at radius 1 is 0.844 bits per heavy atom. The summed E-state index contributed by atoms with van der Waals surface area (Å²) in [6.07, 6.45) is 7.26. The topological polar surface area (TPSA) is 78.1 Å². The van der Waals surface area contributed by atoms with Crippen LogP contribution in [-0.2, 0) is 30.3 Å². The molecule has 1 aromatic carbocycles. The average molecular weight is 453 g/mol. The predicted octanol–water partition coefficient (Wildman–Crippen LogP) is 2.97. The van der Waals surface area contributed by atoms with Crippen LogP contribution in [-0.4, -0.2) is 78.8 Å². The van der Waals surface area contributed by atoms with Gasteiger partial charge in [0, 0.05) is 60.3 Å². The normalized spacial score (nSPS) is 13.2. The Hall–Kier alpha value is -1.35. The first kappa shape index (κ1) is 28.7. The minimum Gasteiger partial charge on any atom is -0.385 e. The molecule has 1 aromatic rings. The molecule has 0 spiro atoms. The van der Waals surface area contributed by atoms with Crippen LogP contribution in [0.5, 0.6) is 0 Å². The number of hydrogen-bond acceptors (Lipinski definition) is 7. The Labute approximate surface area is 194 Å². The van der Waals surface area contributed by atoms with E-state index in [-0.39, 0.29) is 12.1 Å². The van der Waals surface area contributed by atoms with Gasteiger partial charge in [0.25, 0.3) is 0 Å². The Balaban J connectivity index is 2.28. The fourth-order valence-electron chi connectivity index (χ4n) is 3.20. The van der Waals surface area contributed by atoms with E-state index in [4.69, 9.17) is 18.9 Å². The van der Waals surface area contributed by atoms with E-state index in [0.29, 0.717) is 32.8 Å². The lowest BCUT2D eigenvalue weighted by Gasteiger charge is -2.20. The van der Waals surface area contributed by atoms with Crippen LogP contribution in [0.25, 0.3) is 0 Å². The van der Waals surface area contributed by atoms with E-state index in [1.54, 1.807) is 14.2 Å². The third-order valence-electron chi connectivity index (χ3n) is 5.10. The van der Waals surface area contributed by atoms with E-state index in [2.05, 4.69) is 10.6 Å². The largest absolute Gasteiger partial charge is 0.385 e. The first-order chi connectivity index (χ1) is 15.8. The summed E-state index contributed by atoms with van der Waals surface area (Å²) in [6.45, 7) is 5.46. The zero-order valence-corrected chi connectivity index (χ0v) is 20.1. The quantitative estimate of drug-likeness (QED) is 0.195. The summed E-state index contributed by atoms with van der Waals surface area (Å²) >= 11 is 0. The van der Waals surface area contributed by atoms with Crippen molar-refractivity contribution in [3.05, 3.63) is 35.9 Å². The molecule has 0 radical (unpaired) electrons. The summed E-state index contributed by atoms with van der Waals surface area (Å²) in [6, 6.07) is 9.84. The molecule has 0 aromatic heterocycles. The molecule has 0 bridgehead atoms. The standard InChI is InChI=1S/C25H44N2O5/c1-29-14-8-4-10-16-31-22-25(32-17-11-5-9-15-30-2)20-26-19-24(21-28)27-18-23-12-6-3-7-13-23/h3,6-7,12-13,21,24-27H,4-5,8-11,14-20,22H2,1-2H3. The van der Waals surface area contributed by atoms with Gasteiger partial charge in [0.05, 0.1) is 18.8 Å². The van der Waals surface area contributed by atoms with Crippen LogP contribution in [0.3, 0.4) is 0 Å². The SMILES string of the molecule is COCCCCCOCC(CNCC(C=O)NCc1ccccc1)OCCCCCOC. The highest BCUT2D eigenvalue weighted by molar-refractivity contribution is 5.57. The van der Waals surface area contributed by atoms with Gasteiger partial charge in [0.15, 0.2) is 0 Å². The fraction of sp³-hybridized carbons (Fsp3) is 0.720. The summed E-state index contributed by atoms with van der Waals surface area (Å²) in [7, 11) is 3.46. The number of carbonyl (C=O) groups excluding carboxylic acids is 1. The first-order valence-electron chi connectivity index (χ1n) is 11.9. The second-order valence-corrected chi connectivity index (χ2v) is 7.94. The molecule has 0 aliphatic carbocycles. The summed E-state index contributed by atoms with van der Waals surface area (Å²) in [5.41, 5.74) is 1.16. The van der Waals surface area contributed by atoms with E-state index in [1.165, 1.54) is 0 Å². The molecule has 32 heavy (non-hydrogen) atoms. The van der Waals surface area contributed by atoms with Crippen molar-refractivity contribution in [2.24, 2.45) is 0 Å². The minimum atomic E-state index is -0.244. The van der Waals surface area contributed by atoms with Crippen LogP contribution in [0.1, 0.15) is 44.1 Å². The van der Waals surface area contributed by atoms with Gasteiger partial charge in [-0.2, -0.15) is 0 Å². The van der Waals surface area contributed by atoms with Gasteiger partial charge in [-0.3, -0.25) is 0 Å². The number of nitrogens with one attached hydrogen (secondary N) is 2. The zero-order valence-electron chi connectivity index (χ0n) is 20.1. The molecule has 0 amide bonds. The van der Waals surface area contributed by atoms with E-state index >= 15 is 0 Å². The third-order valence-corrected chi connectivity index (χ3v) is 5.10. The summed E-state index contributed by atoms with van der Waals surface area (Å²) in [5.74, 6) is 0. The number of unbranched alkanes of at least 4 members (excludes halogenated alkanes) is 4. The Bertz CT molecular complexity index is 532. The van der Waals surface area contributed by atoms with E-state index < -0.39 is 0 Å². The molecule has 2 atom stereocenters. The van der Waals surface area contributed by atoms with E-state index in [9.17, 15) is 4.79 Å². The predicted molar refractivity (Wildman–Crippen MR) is 128 cm³/mol. The maximum absolute atomic E-state index is 11.4. The molecule has 0 heterocycles. The fourth-order valence-corrected chi connectivity index (χ4v) is 3.20. The van der Waals surface area contributed by atoms with Crippen molar-refractivity contribution in [1.29, 1.82) is 0 Å². The lowest BCUT2D eigenvalue weighted by atomic mass is 10.2. The van der Waals surface area contributed by atoms with Gasteiger partial charge in [0.2, 0.25) is 0 Å². The van der Waals surface area contributed by atoms with Crippen molar-refractivity contribution in [2.45, 2.75) is 57.2 Å². The summed E-state index contributed by atoms with van der Waals surface area (Å²) < 4.78 is 22.1. The number of methoxy groups -OCH3 is 2. The molecule has 0 fully saturated rings. The highest BCUT2D eigenvalue weighted by Crippen LogP contribution is 2.02. The van der Waals surface area contributed by atoms with Gasteiger partial charge < -0.3 is 34.4 Å². The minimum absolute atomic E-state index is 0.0298. The molecule has 2 N–H and O–H groups in total. The second kappa shape index (κ2) is 21.5.